The molecule has 0 saturated carbocycles. The Balaban J connectivity index is 2.14. The summed E-state index contributed by atoms with van der Waals surface area (Å²) in [7, 11) is 0. The molecule has 1 unspecified atom stereocenters. The average Bonchev–Trinajstić information content (AvgIpc) is 2.44. The van der Waals surface area contributed by atoms with Crippen molar-refractivity contribution in [2.75, 3.05) is 13.1 Å². The maximum Gasteiger partial charge on any atom is 0.303 e. The molecule has 6 heteroatoms. The number of nitrogens with zero attached hydrogens (tertiary/aromatic N) is 3. The number of likely N-dealkylation sites (tertiary alicyclic amines) is 1. The summed E-state index contributed by atoms with van der Waals surface area (Å²) in [4.78, 5) is 33.0. The molecule has 21 heavy (non-hydrogen) atoms. The number of aryl methyl sites for hydroxylation is 2. The van der Waals surface area contributed by atoms with Crippen LogP contribution < -0.4 is 0 Å². The normalized spacial score (nSPS) is 18.6. The van der Waals surface area contributed by atoms with Crippen LogP contribution in [0, 0.1) is 6.92 Å². The number of piperidine rings is 1. The van der Waals surface area contributed by atoms with Crippen LogP contribution in [0.15, 0.2) is 6.07 Å². The Morgan fingerprint density at radius 2 is 2.19 bits per heavy atom. The van der Waals surface area contributed by atoms with Gasteiger partial charge in [-0.2, -0.15) is 0 Å². The van der Waals surface area contributed by atoms with Crippen molar-refractivity contribution in [3.8, 4) is 0 Å². The Morgan fingerprint density at radius 1 is 1.43 bits per heavy atom. The van der Waals surface area contributed by atoms with Gasteiger partial charge in [0.25, 0.3) is 0 Å². The highest BCUT2D eigenvalue weighted by molar-refractivity contribution is 5.73. The fourth-order valence-electron chi connectivity index (χ4n) is 2.68. The largest absolute Gasteiger partial charge is 0.481 e. The van der Waals surface area contributed by atoms with E-state index in [1.165, 1.54) is 0 Å². The summed E-state index contributed by atoms with van der Waals surface area (Å²) < 4.78 is 0. The second-order valence-corrected chi connectivity index (χ2v) is 5.56. The molecule has 1 aromatic heterocycles. The van der Waals surface area contributed by atoms with E-state index in [9.17, 15) is 9.59 Å². The van der Waals surface area contributed by atoms with Crippen molar-refractivity contribution in [2.24, 2.45) is 0 Å². The number of aliphatic carboxylic acids is 1. The molecular formula is C15H21N3O3. The molecule has 114 valence electrons. The van der Waals surface area contributed by atoms with E-state index < -0.39 is 5.97 Å². The molecule has 1 fully saturated rings. The first-order valence-electron chi connectivity index (χ1n) is 7.27. The van der Waals surface area contributed by atoms with Crippen molar-refractivity contribution < 1.29 is 14.7 Å². The van der Waals surface area contributed by atoms with Gasteiger partial charge in [-0.15, -0.1) is 0 Å². The van der Waals surface area contributed by atoms with Gasteiger partial charge in [0, 0.05) is 43.7 Å². The fraction of sp³-hybridized carbons (Fsp3) is 0.600. The van der Waals surface area contributed by atoms with Crippen LogP contribution in [-0.2, 0) is 16.0 Å². The van der Waals surface area contributed by atoms with E-state index in [4.69, 9.17) is 5.11 Å². The molecule has 1 atom stereocenters. The molecule has 2 heterocycles. The Labute approximate surface area is 124 Å². The molecule has 6 nitrogen and oxygen atoms in total. The first kappa shape index (κ1) is 15.4. The second kappa shape index (κ2) is 6.65. The van der Waals surface area contributed by atoms with Gasteiger partial charge in [0.2, 0.25) is 5.91 Å². The molecule has 1 aromatic rings. The van der Waals surface area contributed by atoms with Gasteiger partial charge in [-0.25, -0.2) is 9.97 Å². The number of carboxylic acids is 1. The molecule has 1 saturated heterocycles. The molecule has 0 bridgehead atoms. The minimum Gasteiger partial charge on any atom is -0.481 e. The molecule has 1 aliphatic rings. The predicted molar refractivity (Wildman–Crippen MR) is 77.0 cm³/mol. The quantitative estimate of drug-likeness (QED) is 0.909. The highest BCUT2D eigenvalue weighted by atomic mass is 16.4. The number of aromatic nitrogens is 2. The second-order valence-electron chi connectivity index (χ2n) is 5.56. The van der Waals surface area contributed by atoms with Crippen LogP contribution in [0.2, 0.25) is 0 Å². The number of hydrogen-bond acceptors (Lipinski definition) is 4. The van der Waals surface area contributed by atoms with E-state index in [1.54, 1.807) is 6.92 Å². The lowest BCUT2D eigenvalue weighted by molar-refractivity contribution is -0.137. The van der Waals surface area contributed by atoms with Crippen molar-refractivity contribution in [3.05, 3.63) is 23.3 Å². The first-order chi connectivity index (χ1) is 9.95. The van der Waals surface area contributed by atoms with Crippen molar-refractivity contribution in [3.63, 3.8) is 0 Å². The number of carboxylic acid groups (broad SMARTS) is 1. The molecule has 0 aromatic carbocycles. The first-order valence-corrected chi connectivity index (χ1v) is 7.27. The molecule has 1 N–H and O–H groups in total. The van der Waals surface area contributed by atoms with Crippen LogP contribution in [-0.4, -0.2) is 44.9 Å². The third-order valence-electron chi connectivity index (χ3n) is 3.75. The maximum atomic E-state index is 11.5. The molecule has 1 amide bonds. The van der Waals surface area contributed by atoms with E-state index in [0.29, 0.717) is 13.0 Å². The minimum atomic E-state index is -0.826. The Bertz CT molecular complexity index is 545. The van der Waals surface area contributed by atoms with Gasteiger partial charge in [-0.3, -0.25) is 9.59 Å². The number of carbonyl (C=O) groups is 2. The monoisotopic (exact) mass is 291 g/mol. The summed E-state index contributed by atoms with van der Waals surface area (Å²) >= 11 is 0. The zero-order chi connectivity index (χ0) is 15.4. The summed E-state index contributed by atoms with van der Waals surface area (Å²) in [5.41, 5.74) is 1.61. The lowest BCUT2D eigenvalue weighted by Crippen LogP contribution is -2.38. The Hall–Kier alpha value is -1.98. The third kappa shape index (κ3) is 4.24. The van der Waals surface area contributed by atoms with Crippen LogP contribution in [0.25, 0.3) is 0 Å². The van der Waals surface area contributed by atoms with Crippen LogP contribution in [0.1, 0.15) is 49.3 Å². The summed E-state index contributed by atoms with van der Waals surface area (Å²) in [6.07, 6.45) is 2.40. The van der Waals surface area contributed by atoms with Crippen molar-refractivity contribution in [2.45, 2.75) is 45.4 Å². The van der Waals surface area contributed by atoms with Gasteiger partial charge in [-0.1, -0.05) is 0 Å². The maximum absolute atomic E-state index is 11.5. The van der Waals surface area contributed by atoms with Gasteiger partial charge >= 0.3 is 5.97 Å². The van der Waals surface area contributed by atoms with E-state index >= 15 is 0 Å². The SMILES string of the molecule is CC(=O)N1CCCC(c2nc(C)cc(CCC(=O)O)n2)C1. The lowest BCUT2D eigenvalue weighted by Gasteiger charge is -2.31. The Kier molecular flexibility index (Phi) is 4.88. The van der Waals surface area contributed by atoms with Crippen molar-refractivity contribution in [1.29, 1.82) is 0 Å². The third-order valence-corrected chi connectivity index (χ3v) is 3.75. The average molecular weight is 291 g/mol. The molecule has 0 aliphatic carbocycles. The lowest BCUT2D eigenvalue weighted by atomic mass is 9.96. The van der Waals surface area contributed by atoms with E-state index in [-0.39, 0.29) is 18.2 Å². The zero-order valence-corrected chi connectivity index (χ0v) is 12.5. The van der Waals surface area contributed by atoms with Gasteiger partial charge in [0.15, 0.2) is 0 Å². The highest BCUT2D eigenvalue weighted by Gasteiger charge is 2.25. The van der Waals surface area contributed by atoms with E-state index in [2.05, 4.69) is 9.97 Å². The van der Waals surface area contributed by atoms with Crippen LogP contribution in [0.4, 0.5) is 0 Å². The molecule has 0 spiro atoms. The fourth-order valence-corrected chi connectivity index (χ4v) is 2.68. The number of carbonyl (C=O) groups excluding carboxylic acids is 1. The van der Waals surface area contributed by atoms with Crippen LogP contribution in [0.3, 0.4) is 0 Å². The van der Waals surface area contributed by atoms with Gasteiger partial charge in [-0.05, 0) is 25.8 Å². The number of amides is 1. The smallest absolute Gasteiger partial charge is 0.303 e. The standard InChI is InChI=1S/C15H21N3O3/c1-10-8-13(5-6-14(20)21)17-15(16-10)12-4-3-7-18(9-12)11(2)19/h8,12H,3-7,9H2,1-2H3,(H,20,21). The van der Waals surface area contributed by atoms with Gasteiger partial charge in [0.1, 0.15) is 5.82 Å². The molecular weight excluding hydrogens is 270 g/mol. The Morgan fingerprint density at radius 3 is 2.86 bits per heavy atom. The van der Waals surface area contributed by atoms with E-state index in [1.807, 2.05) is 17.9 Å². The summed E-state index contributed by atoms with van der Waals surface area (Å²) in [6, 6.07) is 1.83. The van der Waals surface area contributed by atoms with Crippen molar-refractivity contribution in [1.82, 2.24) is 14.9 Å². The van der Waals surface area contributed by atoms with Crippen LogP contribution >= 0.6 is 0 Å². The molecule has 2 rings (SSSR count). The van der Waals surface area contributed by atoms with Gasteiger partial charge in [0.05, 0.1) is 6.42 Å². The molecule has 1 aliphatic heterocycles. The van der Waals surface area contributed by atoms with Crippen LogP contribution in [0.5, 0.6) is 0 Å². The zero-order valence-electron chi connectivity index (χ0n) is 12.5. The summed E-state index contributed by atoms with van der Waals surface area (Å²) in [5.74, 6) is 0.138. The summed E-state index contributed by atoms with van der Waals surface area (Å²) in [5, 5.41) is 8.77. The minimum absolute atomic E-state index is 0.0696. The highest BCUT2D eigenvalue weighted by Crippen LogP contribution is 2.25. The predicted octanol–water partition coefficient (Wildman–Crippen LogP) is 1.53. The number of hydrogen-bond donors (Lipinski definition) is 1. The molecule has 0 radical (unpaired) electrons. The number of rotatable bonds is 4. The van der Waals surface area contributed by atoms with E-state index in [0.717, 1.165) is 36.6 Å². The summed E-state index contributed by atoms with van der Waals surface area (Å²) in [6.45, 7) is 4.92. The van der Waals surface area contributed by atoms with Gasteiger partial charge < -0.3 is 10.0 Å². The topological polar surface area (TPSA) is 83.4 Å². The van der Waals surface area contributed by atoms with Crippen molar-refractivity contribution >= 4 is 11.9 Å².